The van der Waals surface area contributed by atoms with E-state index in [1.54, 1.807) is 0 Å². The summed E-state index contributed by atoms with van der Waals surface area (Å²) in [6.07, 6.45) is 6.65. The molecule has 0 amide bonds. The average Bonchev–Trinajstić information content (AvgIpc) is 2.99. The van der Waals surface area contributed by atoms with Crippen molar-refractivity contribution in [2.24, 2.45) is 29.1 Å². The first-order chi connectivity index (χ1) is 11.7. The number of hydrogen-bond acceptors (Lipinski definition) is 4. The van der Waals surface area contributed by atoms with E-state index in [9.17, 15) is 9.90 Å². The molecule has 140 valence electrons. The monoisotopic (exact) mass is 348 g/mol. The van der Waals surface area contributed by atoms with Crippen LogP contribution in [0.2, 0.25) is 0 Å². The number of aliphatic hydroxyl groups is 1. The molecule has 4 nitrogen and oxygen atoms in total. The lowest BCUT2D eigenvalue weighted by Crippen LogP contribution is -2.63. The van der Waals surface area contributed by atoms with Gasteiger partial charge in [0.25, 0.3) is 0 Å². The smallest absolute Gasteiger partial charge is 0.336 e. The Morgan fingerprint density at radius 1 is 1.36 bits per heavy atom. The van der Waals surface area contributed by atoms with Crippen molar-refractivity contribution in [3.8, 4) is 0 Å². The van der Waals surface area contributed by atoms with Gasteiger partial charge in [-0.25, -0.2) is 4.79 Å². The zero-order valence-electron chi connectivity index (χ0n) is 16.2. The minimum Gasteiger partial charge on any atom is -0.466 e. The Balaban J connectivity index is 1.89. The third kappa shape index (κ3) is 1.93. The van der Waals surface area contributed by atoms with E-state index in [2.05, 4.69) is 27.7 Å². The van der Waals surface area contributed by atoms with Crippen LogP contribution in [-0.2, 0) is 14.3 Å². The van der Waals surface area contributed by atoms with Gasteiger partial charge in [-0.2, -0.15) is 0 Å². The number of fused-ring (bicyclic) bond motifs is 1. The first-order valence-electron chi connectivity index (χ1n) is 9.92. The molecule has 4 aliphatic rings. The van der Waals surface area contributed by atoms with E-state index in [1.807, 2.05) is 6.08 Å². The Morgan fingerprint density at radius 2 is 2.08 bits per heavy atom. The Labute approximate surface area is 151 Å². The molecule has 2 bridgehead atoms. The molecule has 4 heteroatoms. The van der Waals surface area contributed by atoms with Crippen LogP contribution in [0.1, 0.15) is 59.8 Å². The molecule has 3 fully saturated rings. The molecule has 6 unspecified atom stereocenters. The Morgan fingerprint density at radius 3 is 2.72 bits per heavy atom. The van der Waals surface area contributed by atoms with Gasteiger partial charge in [0, 0.05) is 11.3 Å². The molecule has 7 atom stereocenters. The maximum Gasteiger partial charge on any atom is 0.336 e. The number of carbonyl (C=O) groups excluding carboxylic acids is 1. The third-order valence-corrected chi connectivity index (χ3v) is 8.04. The number of methoxy groups -OCH3 is 1. The Kier molecular flexibility index (Phi) is 3.73. The van der Waals surface area contributed by atoms with Crippen LogP contribution in [0.15, 0.2) is 11.6 Å². The molecule has 2 aliphatic heterocycles. The molecule has 0 aromatic heterocycles. The quantitative estimate of drug-likeness (QED) is 0.776. The molecule has 0 aromatic carbocycles. The van der Waals surface area contributed by atoms with Crippen molar-refractivity contribution in [1.82, 2.24) is 0 Å². The summed E-state index contributed by atoms with van der Waals surface area (Å²) in [7, 11) is 1.43. The van der Waals surface area contributed by atoms with Crippen molar-refractivity contribution in [2.75, 3.05) is 7.11 Å². The molecule has 2 spiro atoms. The van der Waals surface area contributed by atoms with Crippen molar-refractivity contribution in [2.45, 2.75) is 77.1 Å². The van der Waals surface area contributed by atoms with Gasteiger partial charge in [-0.3, -0.25) is 0 Å². The number of hydrogen-bond donors (Lipinski definition) is 1. The zero-order valence-corrected chi connectivity index (χ0v) is 16.2. The van der Waals surface area contributed by atoms with Crippen LogP contribution in [0.5, 0.6) is 0 Å². The van der Waals surface area contributed by atoms with Crippen LogP contribution in [0, 0.1) is 29.1 Å². The lowest BCUT2D eigenvalue weighted by Gasteiger charge is -2.55. The molecule has 2 aliphatic carbocycles. The summed E-state index contributed by atoms with van der Waals surface area (Å²) in [4.78, 5) is 12.7. The van der Waals surface area contributed by atoms with E-state index in [-0.39, 0.29) is 17.3 Å². The molecular formula is C21H32O4. The van der Waals surface area contributed by atoms with Crippen LogP contribution in [-0.4, -0.2) is 35.5 Å². The fraction of sp³-hybridized carbons (Fsp3) is 0.857. The summed E-state index contributed by atoms with van der Waals surface area (Å²) < 4.78 is 11.9. The van der Waals surface area contributed by atoms with Crippen LogP contribution in [0.25, 0.3) is 0 Å². The van der Waals surface area contributed by atoms with Crippen LogP contribution in [0.3, 0.4) is 0 Å². The Hall–Kier alpha value is -0.870. The second kappa shape index (κ2) is 5.32. The Bertz CT molecular complexity index is 625. The standard InChI is InChI=1S/C21H32O4/c1-12(2)14-8-9-19(4)16-7-6-13(3)10-20(16)11-15(18(23)24-5)21(19,25-20)17(14)22/h11-14,16-17,22H,6-10H2,1-5H3/t13?,14?,16?,17?,19-,20?,21?/m1/s1. The summed E-state index contributed by atoms with van der Waals surface area (Å²) in [6, 6.07) is 0. The maximum atomic E-state index is 12.7. The first kappa shape index (κ1) is 17.5. The van der Waals surface area contributed by atoms with Gasteiger partial charge in [-0.15, -0.1) is 0 Å². The summed E-state index contributed by atoms with van der Waals surface area (Å²) >= 11 is 0. The summed E-state index contributed by atoms with van der Waals surface area (Å²) in [6.45, 7) is 8.83. The molecule has 25 heavy (non-hydrogen) atoms. The van der Waals surface area contributed by atoms with Gasteiger partial charge in [0.2, 0.25) is 0 Å². The van der Waals surface area contributed by atoms with E-state index >= 15 is 0 Å². The number of esters is 1. The molecule has 4 rings (SSSR count). The van der Waals surface area contributed by atoms with Crippen molar-refractivity contribution in [3.05, 3.63) is 11.6 Å². The number of carbonyl (C=O) groups is 1. The van der Waals surface area contributed by atoms with E-state index in [0.29, 0.717) is 23.3 Å². The first-order valence-corrected chi connectivity index (χ1v) is 9.92. The fourth-order valence-corrected chi connectivity index (χ4v) is 6.90. The lowest BCUT2D eigenvalue weighted by atomic mass is 9.47. The molecule has 2 saturated carbocycles. The minimum atomic E-state index is -0.901. The molecule has 0 aromatic rings. The maximum absolute atomic E-state index is 12.7. The van der Waals surface area contributed by atoms with Crippen molar-refractivity contribution in [3.63, 3.8) is 0 Å². The number of ether oxygens (including phenoxy) is 2. The minimum absolute atomic E-state index is 0.147. The number of rotatable bonds is 2. The second-order valence-electron chi connectivity index (χ2n) is 9.59. The number of aliphatic hydroxyl groups excluding tert-OH is 1. The molecular weight excluding hydrogens is 316 g/mol. The second-order valence-corrected chi connectivity index (χ2v) is 9.59. The summed E-state index contributed by atoms with van der Waals surface area (Å²) in [5.74, 6) is 1.13. The van der Waals surface area contributed by atoms with E-state index in [1.165, 1.54) is 13.5 Å². The highest BCUT2D eigenvalue weighted by Gasteiger charge is 2.78. The average molecular weight is 348 g/mol. The largest absolute Gasteiger partial charge is 0.466 e. The molecule has 1 N–H and O–H groups in total. The van der Waals surface area contributed by atoms with Gasteiger partial charge in [-0.05, 0) is 49.5 Å². The highest BCUT2D eigenvalue weighted by Crippen LogP contribution is 2.72. The van der Waals surface area contributed by atoms with Crippen LogP contribution >= 0.6 is 0 Å². The van der Waals surface area contributed by atoms with Gasteiger partial charge in [0.15, 0.2) is 0 Å². The van der Waals surface area contributed by atoms with Crippen molar-refractivity contribution >= 4 is 5.97 Å². The van der Waals surface area contributed by atoms with E-state index in [4.69, 9.17) is 9.47 Å². The van der Waals surface area contributed by atoms with E-state index in [0.717, 1.165) is 25.7 Å². The van der Waals surface area contributed by atoms with Crippen molar-refractivity contribution in [1.29, 1.82) is 0 Å². The normalized spacial score (nSPS) is 51.1. The summed E-state index contributed by atoms with van der Waals surface area (Å²) in [5, 5.41) is 11.5. The van der Waals surface area contributed by atoms with Crippen molar-refractivity contribution < 1.29 is 19.4 Å². The van der Waals surface area contributed by atoms with E-state index < -0.39 is 17.3 Å². The third-order valence-electron chi connectivity index (χ3n) is 8.04. The highest BCUT2D eigenvalue weighted by molar-refractivity contribution is 5.93. The fourth-order valence-electron chi connectivity index (χ4n) is 6.90. The molecule has 0 radical (unpaired) electrons. The van der Waals surface area contributed by atoms with Crippen LogP contribution < -0.4 is 0 Å². The van der Waals surface area contributed by atoms with Gasteiger partial charge >= 0.3 is 5.97 Å². The van der Waals surface area contributed by atoms with Crippen LogP contribution in [0.4, 0.5) is 0 Å². The summed E-state index contributed by atoms with van der Waals surface area (Å²) in [5.41, 5.74) is -0.915. The van der Waals surface area contributed by atoms with Gasteiger partial charge in [0.1, 0.15) is 5.60 Å². The predicted molar refractivity (Wildman–Crippen MR) is 94.8 cm³/mol. The SMILES string of the molecule is COC(=O)C1=CC23CC(C)CCC2[C@@]2(C)CCC(C(C)C)C(O)C12O3. The molecule has 1 saturated heterocycles. The molecule has 2 heterocycles. The van der Waals surface area contributed by atoms with Gasteiger partial charge in [-0.1, -0.05) is 34.1 Å². The zero-order chi connectivity index (χ0) is 18.2. The topological polar surface area (TPSA) is 55.8 Å². The van der Waals surface area contributed by atoms with Gasteiger partial charge in [0.05, 0.1) is 24.4 Å². The highest BCUT2D eigenvalue weighted by atomic mass is 16.6. The van der Waals surface area contributed by atoms with Gasteiger partial charge < -0.3 is 14.6 Å². The predicted octanol–water partition coefficient (Wildman–Crippen LogP) is 3.48. The lowest BCUT2D eigenvalue weighted by molar-refractivity contribution is -0.184.